The summed E-state index contributed by atoms with van der Waals surface area (Å²) < 4.78 is 0. The summed E-state index contributed by atoms with van der Waals surface area (Å²) in [5.41, 5.74) is 7.95. The number of carboxylic acid groups (broad SMARTS) is 1. The van der Waals surface area contributed by atoms with Gasteiger partial charge in [0.15, 0.2) is 0 Å². The van der Waals surface area contributed by atoms with E-state index in [4.69, 9.17) is 39.1 Å². The molecule has 0 bridgehead atoms. The summed E-state index contributed by atoms with van der Waals surface area (Å²) in [6.45, 7) is 0. The van der Waals surface area contributed by atoms with Crippen molar-refractivity contribution in [1.82, 2.24) is 0 Å². The van der Waals surface area contributed by atoms with E-state index in [0.29, 0.717) is 5.69 Å². The summed E-state index contributed by atoms with van der Waals surface area (Å²) in [6.07, 6.45) is 0. The number of rotatable bonds is 1. The molecule has 0 fully saturated rings. The molecule has 15 heavy (non-hydrogen) atoms. The molecule has 0 heterocycles. The van der Waals surface area contributed by atoms with Crippen molar-refractivity contribution in [2.45, 2.75) is 0 Å². The first-order valence-corrected chi connectivity index (χ1v) is 4.57. The Labute approximate surface area is 96.5 Å². The van der Waals surface area contributed by atoms with Crippen molar-refractivity contribution in [2.24, 2.45) is 0 Å². The predicted molar refractivity (Wildman–Crippen MR) is 60.3 cm³/mol. The van der Waals surface area contributed by atoms with Crippen molar-refractivity contribution in [3.63, 3.8) is 0 Å². The Morgan fingerprint density at radius 3 is 2.20 bits per heavy atom. The molecule has 82 valence electrons. The zero-order chi connectivity index (χ0) is 11.8. The van der Waals surface area contributed by atoms with Crippen LogP contribution in [0.5, 0.6) is 5.75 Å². The molecule has 0 unspecified atom stereocenters. The molecule has 0 radical (unpaired) electrons. The van der Waals surface area contributed by atoms with E-state index in [1.807, 2.05) is 0 Å². The maximum Gasteiger partial charge on any atom is 0.339 e. The van der Waals surface area contributed by atoms with Crippen molar-refractivity contribution < 1.29 is 15.0 Å². The summed E-state index contributed by atoms with van der Waals surface area (Å²) in [7, 11) is 0. The first-order valence-electron chi connectivity index (χ1n) is 3.70. The Morgan fingerprint density at radius 2 is 1.87 bits per heavy atom. The van der Waals surface area contributed by atoms with Gasteiger partial charge < -0.3 is 15.9 Å². The molecule has 0 aliphatic heterocycles. The van der Waals surface area contributed by atoms with E-state index in [2.05, 4.69) is 0 Å². The van der Waals surface area contributed by atoms with E-state index >= 15 is 0 Å². The average Bonchev–Trinajstić information content (AvgIpc) is 2.17. The highest BCUT2D eigenvalue weighted by atomic mass is 35.5. The van der Waals surface area contributed by atoms with Crippen LogP contribution in [-0.4, -0.2) is 16.2 Å². The van der Waals surface area contributed by atoms with Gasteiger partial charge in [0.25, 0.3) is 0 Å². The van der Waals surface area contributed by atoms with Crippen molar-refractivity contribution in [3.05, 3.63) is 34.8 Å². The van der Waals surface area contributed by atoms with Crippen LogP contribution in [0.15, 0.2) is 29.3 Å². The van der Waals surface area contributed by atoms with Crippen LogP contribution in [0.2, 0.25) is 0 Å². The molecule has 0 saturated carbocycles. The maximum absolute atomic E-state index is 10.3. The first-order chi connectivity index (χ1) is 7.02. The minimum absolute atomic E-state index is 0.140. The molecule has 0 saturated heterocycles. The van der Waals surface area contributed by atoms with E-state index in [1.165, 1.54) is 29.3 Å². The third-order valence-electron chi connectivity index (χ3n) is 1.30. The van der Waals surface area contributed by atoms with Gasteiger partial charge in [0.05, 0.1) is 0 Å². The summed E-state index contributed by atoms with van der Waals surface area (Å²) in [5, 5.41) is 17.5. The van der Waals surface area contributed by atoms with Crippen LogP contribution in [0.3, 0.4) is 0 Å². The molecule has 1 aromatic carbocycles. The summed E-state index contributed by atoms with van der Waals surface area (Å²) in [5.74, 6) is -1.47. The molecule has 6 heteroatoms. The molecule has 0 aromatic heterocycles. The quantitative estimate of drug-likeness (QED) is 0.669. The van der Waals surface area contributed by atoms with Gasteiger partial charge in [0.2, 0.25) is 0 Å². The van der Waals surface area contributed by atoms with Crippen LogP contribution in [-0.2, 0) is 0 Å². The molecular formula is C9H9Cl2NO3. The maximum atomic E-state index is 10.3. The van der Waals surface area contributed by atoms with E-state index in [9.17, 15) is 4.79 Å². The minimum Gasteiger partial charge on any atom is -0.507 e. The van der Waals surface area contributed by atoms with E-state index < -0.39 is 5.97 Å². The molecule has 4 nitrogen and oxygen atoms in total. The molecule has 0 atom stereocenters. The Balaban J connectivity index is 0.000000423. The largest absolute Gasteiger partial charge is 0.507 e. The van der Waals surface area contributed by atoms with Crippen LogP contribution in [0.1, 0.15) is 10.4 Å². The van der Waals surface area contributed by atoms with Crippen molar-refractivity contribution >= 4 is 34.9 Å². The highest BCUT2D eigenvalue weighted by Gasteiger charge is 2.07. The number of halogens is 2. The van der Waals surface area contributed by atoms with Crippen LogP contribution < -0.4 is 5.73 Å². The molecule has 0 spiro atoms. The third-order valence-corrected chi connectivity index (χ3v) is 1.68. The molecule has 0 aliphatic carbocycles. The Hall–Kier alpha value is -1.39. The van der Waals surface area contributed by atoms with Crippen LogP contribution in [0, 0.1) is 0 Å². The zero-order valence-electron chi connectivity index (χ0n) is 7.52. The lowest BCUT2D eigenvalue weighted by Crippen LogP contribution is -1.97. The molecular weight excluding hydrogens is 241 g/mol. The predicted octanol–water partition coefficient (Wildman–Crippen LogP) is 2.61. The van der Waals surface area contributed by atoms with Crippen molar-refractivity contribution in [1.29, 1.82) is 0 Å². The lowest BCUT2D eigenvalue weighted by atomic mass is 10.2. The number of hydrogen-bond acceptors (Lipinski definition) is 3. The van der Waals surface area contributed by atoms with Gasteiger partial charge in [-0.1, -0.05) is 23.2 Å². The number of aromatic hydroxyl groups is 1. The number of carbonyl (C=O) groups is 1. The number of anilines is 1. The fourth-order valence-electron chi connectivity index (χ4n) is 0.730. The second-order valence-corrected chi connectivity index (χ2v) is 2.84. The number of benzene rings is 1. The van der Waals surface area contributed by atoms with Gasteiger partial charge in [0, 0.05) is 22.8 Å². The molecule has 1 rings (SSSR count). The summed E-state index contributed by atoms with van der Waals surface area (Å²) >= 11 is 9.75. The van der Waals surface area contributed by atoms with Crippen molar-refractivity contribution in [2.75, 3.05) is 5.73 Å². The average molecular weight is 250 g/mol. The van der Waals surface area contributed by atoms with E-state index in [-0.39, 0.29) is 11.3 Å². The topological polar surface area (TPSA) is 83.6 Å². The fourth-order valence-corrected chi connectivity index (χ4v) is 0.730. The van der Waals surface area contributed by atoms with Crippen LogP contribution in [0.4, 0.5) is 5.69 Å². The van der Waals surface area contributed by atoms with Gasteiger partial charge in [-0.2, -0.15) is 0 Å². The number of nitrogen functional groups attached to an aromatic ring is 1. The number of nitrogens with two attached hydrogens (primary N) is 1. The Morgan fingerprint density at radius 1 is 1.33 bits per heavy atom. The van der Waals surface area contributed by atoms with Gasteiger partial charge >= 0.3 is 5.97 Å². The standard InChI is InChI=1S/C7H7NO3.C2H2Cl2/c8-4-1-2-5(7(10)11)6(9)3-4;3-1-2-4/h1-3,9H,8H2,(H,10,11);1-2H. The number of phenols is 1. The number of carboxylic acids is 1. The normalized spacial score (nSPS) is 9.47. The van der Waals surface area contributed by atoms with Gasteiger partial charge in [-0.05, 0) is 12.1 Å². The van der Waals surface area contributed by atoms with E-state index in [0.717, 1.165) is 0 Å². The van der Waals surface area contributed by atoms with E-state index in [1.54, 1.807) is 0 Å². The fraction of sp³-hybridized carbons (Fsp3) is 0. The smallest absolute Gasteiger partial charge is 0.339 e. The Bertz CT molecular complexity index is 362. The van der Waals surface area contributed by atoms with Gasteiger partial charge in [-0.15, -0.1) is 0 Å². The second-order valence-electron chi connectivity index (χ2n) is 2.33. The van der Waals surface area contributed by atoms with Gasteiger partial charge in [-0.3, -0.25) is 0 Å². The van der Waals surface area contributed by atoms with Gasteiger partial charge in [0.1, 0.15) is 11.3 Å². The number of aromatic carboxylic acids is 1. The zero-order valence-corrected chi connectivity index (χ0v) is 9.03. The lowest BCUT2D eigenvalue weighted by molar-refractivity contribution is 0.0694. The van der Waals surface area contributed by atoms with Gasteiger partial charge in [-0.25, -0.2) is 4.79 Å². The molecule has 0 aliphatic rings. The van der Waals surface area contributed by atoms with Crippen molar-refractivity contribution in [3.8, 4) is 5.75 Å². The highest BCUT2D eigenvalue weighted by Crippen LogP contribution is 2.19. The summed E-state index contributed by atoms with van der Waals surface area (Å²) in [6, 6.07) is 3.87. The molecule has 4 N–H and O–H groups in total. The molecule has 1 aromatic rings. The highest BCUT2D eigenvalue weighted by molar-refractivity contribution is 6.33. The van der Waals surface area contributed by atoms with Crippen LogP contribution >= 0.6 is 23.2 Å². The monoisotopic (exact) mass is 249 g/mol. The first kappa shape index (κ1) is 13.6. The number of hydrogen-bond donors (Lipinski definition) is 3. The summed E-state index contributed by atoms with van der Waals surface area (Å²) in [4.78, 5) is 10.3. The molecule has 0 amide bonds. The SMILES string of the molecule is ClC=CCl.Nc1ccc(C(=O)O)c(O)c1. The van der Waals surface area contributed by atoms with Crippen LogP contribution in [0.25, 0.3) is 0 Å². The third kappa shape index (κ3) is 5.15. The minimum atomic E-state index is -1.16. The second kappa shape index (κ2) is 6.98. The lowest BCUT2D eigenvalue weighted by Gasteiger charge is -1.98. The Kier molecular flexibility index (Phi) is 6.33.